The van der Waals surface area contributed by atoms with Gasteiger partial charge in [-0.25, -0.2) is 0 Å². The van der Waals surface area contributed by atoms with E-state index in [0.717, 1.165) is 33.6 Å². The Balaban J connectivity index is 2.19. The van der Waals surface area contributed by atoms with E-state index in [9.17, 15) is 0 Å². The normalized spacial score (nSPS) is 12.4. The van der Waals surface area contributed by atoms with E-state index in [1.165, 1.54) is 5.56 Å². The quantitative estimate of drug-likeness (QED) is 0.852. The maximum absolute atomic E-state index is 6.33. The van der Waals surface area contributed by atoms with Gasteiger partial charge in [0.25, 0.3) is 0 Å². The molecule has 0 fully saturated rings. The highest BCUT2D eigenvalue weighted by Gasteiger charge is 2.14. The van der Waals surface area contributed by atoms with Gasteiger partial charge < -0.3 is 5.32 Å². The Labute approximate surface area is 133 Å². The van der Waals surface area contributed by atoms with Crippen LogP contribution in [0.5, 0.6) is 0 Å². The van der Waals surface area contributed by atoms with Crippen LogP contribution in [0.2, 0.25) is 5.02 Å². The van der Waals surface area contributed by atoms with Crippen molar-refractivity contribution in [1.29, 1.82) is 0 Å². The van der Waals surface area contributed by atoms with Crippen LogP contribution < -0.4 is 5.32 Å². The predicted molar refractivity (Wildman–Crippen MR) is 88.3 cm³/mol. The first-order chi connectivity index (χ1) is 9.63. The van der Waals surface area contributed by atoms with Crippen molar-refractivity contribution in [1.82, 2.24) is 10.3 Å². The topological polar surface area (TPSA) is 24.9 Å². The number of rotatable bonds is 5. The van der Waals surface area contributed by atoms with E-state index in [0.29, 0.717) is 0 Å². The van der Waals surface area contributed by atoms with Crippen LogP contribution in [0.3, 0.4) is 0 Å². The molecule has 0 aliphatic carbocycles. The van der Waals surface area contributed by atoms with Crippen molar-refractivity contribution in [3.05, 3.63) is 62.8 Å². The summed E-state index contributed by atoms with van der Waals surface area (Å²) >= 11 is 9.76. The van der Waals surface area contributed by atoms with Gasteiger partial charge in [-0.2, -0.15) is 0 Å². The number of aryl methyl sites for hydroxylation is 1. The van der Waals surface area contributed by atoms with Crippen molar-refractivity contribution in [2.75, 3.05) is 7.05 Å². The third-order valence-electron chi connectivity index (χ3n) is 3.39. The monoisotopic (exact) mass is 352 g/mol. The Morgan fingerprint density at radius 3 is 2.65 bits per heavy atom. The van der Waals surface area contributed by atoms with Crippen molar-refractivity contribution >= 4 is 27.5 Å². The van der Waals surface area contributed by atoms with E-state index in [1.807, 2.05) is 31.4 Å². The molecule has 1 N–H and O–H groups in total. The summed E-state index contributed by atoms with van der Waals surface area (Å²) < 4.78 is 0.992. The van der Waals surface area contributed by atoms with E-state index in [1.54, 1.807) is 0 Å². The van der Waals surface area contributed by atoms with Crippen LogP contribution in [-0.4, -0.2) is 12.0 Å². The minimum atomic E-state index is 0.163. The van der Waals surface area contributed by atoms with Crippen LogP contribution in [-0.2, 0) is 12.8 Å². The van der Waals surface area contributed by atoms with Gasteiger partial charge >= 0.3 is 0 Å². The van der Waals surface area contributed by atoms with Crippen molar-refractivity contribution in [2.24, 2.45) is 0 Å². The van der Waals surface area contributed by atoms with Gasteiger partial charge in [0.05, 0.1) is 0 Å². The summed E-state index contributed by atoms with van der Waals surface area (Å²) in [6, 6.07) is 10.4. The van der Waals surface area contributed by atoms with Gasteiger partial charge in [0.1, 0.15) is 0 Å². The van der Waals surface area contributed by atoms with Gasteiger partial charge in [-0.15, -0.1) is 0 Å². The van der Waals surface area contributed by atoms with Crippen molar-refractivity contribution in [3.8, 4) is 0 Å². The lowest BCUT2D eigenvalue weighted by molar-refractivity contribution is 0.584. The third-order valence-corrected chi connectivity index (χ3v) is 4.21. The number of halogens is 2. The lowest BCUT2D eigenvalue weighted by atomic mass is 10.0. The molecule has 1 atom stereocenters. The standard InChI is InChI=1S/C16H18BrClN2/c1-3-11-4-6-13(20-10-11)9-16(19-2)14-7-5-12(17)8-15(14)18/h4-8,10,16,19H,3,9H2,1-2H3. The van der Waals surface area contributed by atoms with Crippen LogP contribution in [0.15, 0.2) is 41.0 Å². The molecule has 0 bridgehead atoms. The molecule has 2 aromatic rings. The first kappa shape index (κ1) is 15.5. The van der Waals surface area contributed by atoms with Crippen LogP contribution in [0.25, 0.3) is 0 Å². The Hall–Kier alpha value is -0.900. The Bertz CT molecular complexity index is 569. The highest BCUT2D eigenvalue weighted by atomic mass is 79.9. The van der Waals surface area contributed by atoms with Gasteiger partial charge in [-0.3, -0.25) is 4.98 Å². The molecule has 2 rings (SSSR count). The van der Waals surface area contributed by atoms with Crippen LogP contribution in [0.1, 0.15) is 29.8 Å². The summed E-state index contributed by atoms with van der Waals surface area (Å²) in [5.41, 5.74) is 3.43. The number of pyridine rings is 1. The highest BCUT2D eigenvalue weighted by Crippen LogP contribution is 2.28. The first-order valence-corrected chi connectivity index (χ1v) is 7.87. The summed E-state index contributed by atoms with van der Waals surface area (Å²) in [7, 11) is 1.95. The molecule has 0 spiro atoms. The molecule has 1 aromatic heterocycles. The van der Waals surface area contributed by atoms with Crippen LogP contribution in [0, 0.1) is 0 Å². The molecule has 106 valence electrons. The SMILES string of the molecule is CCc1ccc(CC(NC)c2ccc(Br)cc2Cl)nc1. The maximum atomic E-state index is 6.33. The van der Waals surface area contributed by atoms with Gasteiger partial charge in [-0.1, -0.05) is 46.6 Å². The molecule has 1 heterocycles. The van der Waals surface area contributed by atoms with E-state index in [2.05, 4.69) is 45.3 Å². The molecule has 0 aliphatic rings. The van der Waals surface area contributed by atoms with E-state index in [-0.39, 0.29) is 6.04 Å². The molecule has 0 saturated heterocycles. The van der Waals surface area contributed by atoms with E-state index in [4.69, 9.17) is 11.6 Å². The number of nitrogens with zero attached hydrogens (tertiary/aromatic N) is 1. The maximum Gasteiger partial charge on any atom is 0.0465 e. The van der Waals surface area contributed by atoms with Gasteiger partial charge in [-0.05, 0) is 42.8 Å². The second kappa shape index (κ2) is 7.21. The molecule has 1 unspecified atom stereocenters. The fraction of sp³-hybridized carbons (Fsp3) is 0.312. The van der Waals surface area contributed by atoms with Crippen molar-refractivity contribution < 1.29 is 0 Å². The largest absolute Gasteiger partial charge is 0.313 e. The number of hydrogen-bond donors (Lipinski definition) is 1. The van der Waals surface area contributed by atoms with Crippen LogP contribution >= 0.6 is 27.5 Å². The molecular weight excluding hydrogens is 336 g/mol. The molecule has 0 aliphatic heterocycles. The summed E-state index contributed by atoms with van der Waals surface area (Å²) in [6.07, 6.45) is 3.79. The second-order valence-corrected chi connectivity index (χ2v) is 6.05. The average molecular weight is 354 g/mol. The smallest absolute Gasteiger partial charge is 0.0465 e. The number of aromatic nitrogens is 1. The summed E-state index contributed by atoms with van der Waals surface area (Å²) in [6.45, 7) is 2.13. The van der Waals surface area contributed by atoms with Gasteiger partial charge in [0.2, 0.25) is 0 Å². The molecule has 4 heteroatoms. The number of likely N-dealkylation sites (N-methyl/N-ethyl adjacent to an activating group) is 1. The fourth-order valence-corrected chi connectivity index (χ4v) is 2.95. The Kier molecular flexibility index (Phi) is 5.58. The summed E-state index contributed by atoms with van der Waals surface area (Å²) in [4.78, 5) is 4.52. The average Bonchev–Trinajstić information content (AvgIpc) is 2.46. The van der Waals surface area contributed by atoms with Gasteiger partial charge in [0.15, 0.2) is 0 Å². The zero-order valence-electron chi connectivity index (χ0n) is 11.7. The highest BCUT2D eigenvalue weighted by molar-refractivity contribution is 9.10. The summed E-state index contributed by atoms with van der Waals surface area (Å²) in [5.74, 6) is 0. The fourth-order valence-electron chi connectivity index (χ4n) is 2.15. The Morgan fingerprint density at radius 1 is 1.30 bits per heavy atom. The number of nitrogens with one attached hydrogen (secondary N) is 1. The minimum absolute atomic E-state index is 0.163. The molecule has 20 heavy (non-hydrogen) atoms. The molecule has 0 radical (unpaired) electrons. The molecular formula is C16H18BrClN2. The zero-order chi connectivity index (χ0) is 14.5. The Morgan fingerprint density at radius 2 is 2.10 bits per heavy atom. The second-order valence-electron chi connectivity index (χ2n) is 4.72. The lowest BCUT2D eigenvalue weighted by Crippen LogP contribution is -2.19. The molecule has 2 nitrogen and oxygen atoms in total. The van der Waals surface area contributed by atoms with E-state index >= 15 is 0 Å². The zero-order valence-corrected chi connectivity index (χ0v) is 14.0. The number of hydrogen-bond acceptors (Lipinski definition) is 2. The lowest BCUT2D eigenvalue weighted by Gasteiger charge is -2.18. The molecule has 1 aromatic carbocycles. The van der Waals surface area contributed by atoms with Crippen LogP contribution in [0.4, 0.5) is 0 Å². The van der Waals surface area contributed by atoms with E-state index < -0.39 is 0 Å². The third kappa shape index (κ3) is 3.81. The van der Waals surface area contributed by atoms with Gasteiger partial charge in [0, 0.05) is 33.8 Å². The molecule has 0 amide bonds. The van der Waals surface area contributed by atoms with Crippen molar-refractivity contribution in [2.45, 2.75) is 25.8 Å². The van der Waals surface area contributed by atoms with Crippen molar-refractivity contribution in [3.63, 3.8) is 0 Å². The number of benzene rings is 1. The summed E-state index contributed by atoms with van der Waals surface area (Å²) in [5, 5.41) is 4.08. The minimum Gasteiger partial charge on any atom is -0.313 e. The first-order valence-electron chi connectivity index (χ1n) is 6.70. The molecule has 0 saturated carbocycles. The predicted octanol–water partition coefficient (Wildman–Crippen LogP) is 4.56.